The van der Waals surface area contributed by atoms with Gasteiger partial charge in [0.2, 0.25) is 17.7 Å². The van der Waals surface area contributed by atoms with Crippen molar-refractivity contribution in [3.8, 4) is 0 Å². The van der Waals surface area contributed by atoms with E-state index in [-0.39, 0.29) is 23.8 Å². The Morgan fingerprint density at radius 3 is 2.52 bits per heavy atom. The van der Waals surface area contributed by atoms with Crippen LogP contribution in [0.3, 0.4) is 0 Å². The number of anilines is 2. The number of imide groups is 1. The Kier molecular flexibility index (Phi) is 4.16. The lowest BCUT2D eigenvalue weighted by atomic mass is 9.75. The van der Waals surface area contributed by atoms with Gasteiger partial charge in [0.05, 0.1) is 17.5 Å². The Morgan fingerprint density at radius 2 is 1.77 bits per heavy atom. The van der Waals surface area contributed by atoms with Gasteiger partial charge in [0.1, 0.15) is 5.54 Å². The zero-order valence-corrected chi connectivity index (χ0v) is 19.2. The highest BCUT2D eigenvalue weighted by molar-refractivity contribution is 9.10. The Balaban J connectivity index is 1.57. The van der Waals surface area contributed by atoms with Crippen LogP contribution in [0.25, 0.3) is 0 Å². The standard InChI is InChI=1S/C22H16BrCl2N3O3/c23-10-3-4-15-14(6-10)22(21(31)26-15)18-17(16-2-1-5-27(16)22)19(29)28(20(18)30)13-8-11(24)7-12(25)9-13/h3-4,6-9,16-18H,1-2,5H2,(H,26,31)/t16-,17+,18+,22+/m0/s1. The summed E-state index contributed by atoms with van der Waals surface area (Å²) in [5, 5.41) is 3.64. The van der Waals surface area contributed by atoms with Crippen molar-refractivity contribution in [2.24, 2.45) is 11.8 Å². The lowest BCUT2D eigenvalue weighted by Crippen LogP contribution is -2.54. The largest absolute Gasteiger partial charge is 0.324 e. The number of benzene rings is 2. The molecule has 0 bridgehead atoms. The number of carbonyl (C=O) groups is 3. The molecule has 6 rings (SSSR count). The summed E-state index contributed by atoms with van der Waals surface area (Å²) in [6, 6.07) is 10.1. The first kappa shape index (κ1) is 19.7. The van der Waals surface area contributed by atoms with Crippen LogP contribution in [0.5, 0.6) is 0 Å². The van der Waals surface area contributed by atoms with Crippen LogP contribution in [-0.4, -0.2) is 35.2 Å². The van der Waals surface area contributed by atoms with Crippen molar-refractivity contribution in [3.05, 3.63) is 56.5 Å². The third-order valence-electron chi connectivity index (χ3n) is 7.06. The van der Waals surface area contributed by atoms with Gasteiger partial charge in [-0.05, 0) is 55.8 Å². The first-order chi connectivity index (χ1) is 14.8. The van der Waals surface area contributed by atoms with Crippen LogP contribution in [0.4, 0.5) is 11.4 Å². The summed E-state index contributed by atoms with van der Waals surface area (Å²) in [5.74, 6) is -2.32. The topological polar surface area (TPSA) is 69.7 Å². The Morgan fingerprint density at radius 1 is 1.03 bits per heavy atom. The van der Waals surface area contributed by atoms with Crippen molar-refractivity contribution in [1.82, 2.24) is 4.90 Å². The molecule has 4 heterocycles. The van der Waals surface area contributed by atoms with Gasteiger partial charge in [-0.15, -0.1) is 0 Å². The fourth-order valence-corrected chi connectivity index (χ4v) is 6.97. The van der Waals surface area contributed by atoms with Gasteiger partial charge < -0.3 is 5.32 Å². The molecule has 3 saturated heterocycles. The molecule has 4 aliphatic rings. The number of nitrogens with one attached hydrogen (secondary N) is 1. The predicted octanol–water partition coefficient (Wildman–Crippen LogP) is 4.19. The molecular formula is C22H16BrCl2N3O3. The van der Waals surface area contributed by atoms with Crippen LogP contribution in [0.2, 0.25) is 10.0 Å². The van der Waals surface area contributed by atoms with Gasteiger partial charge in [-0.25, -0.2) is 4.90 Å². The van der Waals surface area contributed by atoms with E-state index in [0.29, 0.717) is 28.0 Å². The third kappa shape index (κ3) is 2.40. The molecule has 0 unspecified atom stereocenters. The van der Waals surface area contributed by atoms with Crippen LogP contribution < -0.4 is 10.2 Å². The molecule has 9 heteroatoms. The van der Waals surface area contributed by atoms with Gasteiger partial charge in [0.25, 0.3) is 0 Å². The predicted molar refractivity (Wildman–Crippen MR) is 120 cm³/mol. The smallest absolute Gasteiger partial charge is 0.250 e. The molecule has 6 nitrogen and oxygen atoms in total. The van der Waals surface area contributed by atoms with Gasteiger partial charge in [0.15, 0.2) is 0 Å². The molecule has 4 aliphatic heterocycles. The highest BCUT2D eigenvalue weighted by atomic mass is 79.9. The van der Waals surface area contributed by atoms with E-state index in [1.54, 1.807) is 18.2 Å². The SMILES string of the molecule is O=C1[C@@H]2[C@@H]3CCCN3[C@@]3(C(=O)Nc4ccc(Br)cc43)[C@H]2C(=O)N1c1cc(Cl)cc(Cl)c1. The summed E-state index contributed by atoms with van der Waals surface area (Å²) < 4.78 is 0.816. The maximum atomic E-state index is 13.9. The minimum absolute atomic E-state index is 0.170. The number of amides is 3. The summed E-state index contributed by atoms with van der Waals surface area (Å²) in [6.45, 7) is 0.667. The van der Waals surface area contributed by atoms with Crippen LogP contribution in [0.15, 0.2) is 40.9 Å². The van der Waals surface area contributed by atoms with Gasteiger partial charge in [-0.1, -0.05) is 39.1 Å². The summed E-state index contributed by atoms with van der Waals surface area (Å²) in [6.07, 6.45) is 1.64. The van der Waals surface area contributed by atoms with E-state index in [1.807, 2.05) is 18.2 Å². The average Bonchev–Trinajstić information content (AvgIpc) is 3.39. The van der Waals surface area contributed by atoms with Crippen LogP contribution in [0, 0.1) is 11.8 Å². The number of fused-ring (bicyclic) bond motifs is 7. The van der Waals surface area contributed by atoms with Crippen molar-refractivity contribution < 1.29 is 14.4 Å². The average molecular weight is 521 g/mol. The molecule has 0 saturated carbocycles. The Hall–Kier alpha value is -1.93. The molecule has 4 atom stereocenters. The molecule has 0 aromatic heterocycles. The second-order valence-electron chi connectivity index (χ2n) is 8.46. The van der Waals surface area contributed by atoms with E-state index in [4.69, 9.17) is 23.2 Å². The first-order valence-corrected chi connectivity index (χ1v) is 11.6. The first-order valence-electron chi connectivity index (χ1n) is 10.1. The molecule has 1 N–H and O–H groups in total. The van der Waals surface area contributed by atoms with Crippen molar-refractivity contribution in [2.75, 3.05) is 16.8 Å². The third-order valence-corrected chi connectivity index (χ3v) is 7.99. The molecule has 3 fully saturated rings. The van der Waals surface area contributed by atoms with Gasteiger partial charge in [-0.2, -0.15) is 0 Å². The fourth-order valence-electron chi connectivity index (χ4n) is 6.10. The zero-order valence-electron chi connectivity index (χ0n) is 16.1. The molecule has 31 heavy (non-hydrogen) atoms. The number of halogens is 3. The number of nitrogens with zero attached hydrogens (tertiary/aromatic N) is 2. The number of hydrogen-bond acceptors (Lipinski definition) is 4. The second-order valence-corrected chi connectivity index (χ2v) is 10.2. The fraction of sp³-hybridized carbons (Fsp3) is 0.318. The van der Waals surface area contributed by atoms with Gasteiger partial charge >= 0.3 is 0 Å². The minimum atomic E-state index is -1.20. The molecule has 158 valence electrons. The normalized spacial score (nSPS) is 31.4. The quantitative estimate of drug-likeness (QED) is 0.572. The monoisotopic (exact) mass is 519 g/mol. The zero-order chi connectivity index (χ0) is 21.7. The molecule has 2 aromatic carbocycles. The molecule has 2 aromatic rings. The van der Waals surface area contributed by atoms with E-state index in [2.05, 4.69) is 26.1 Å². The highest BCUT2D eigenvalue weighted by Gasteiger charge is 2.74. The van der Waals surface area contributed by atoms with Crippen LogP contribution in [0.1, 0.15) is 18.4 Å². The summed E-state index contributed by atoms with van der Waals surface area (Å²) in [7, 11) is 0. The molecular weight excluding hydrogens is 505 g/mol. The maximum Gasteiger partial charge on any atom is 0.250 e. The summed E-state index contributed by atoms with van der Waals surface area (Å²) in [4.78, 5) is 44.3. The minimum Gasteiger partial charge on any atom is -0.324 e. The lowest BCUT2D eigenvalue weighted by Gasteiger charge is -2.36. The highest BCUT2D eigenvalue weighted by Crippen LogP contribution is 2.61. The molecule has 0 radical (unpaired) electrons. The van der Waals surface area contributed by atoms with Crippen LogP contribution >= 0.6 is 39.1 Å². The van der Waals surface area contributed by atoms with Crippen molar-refractivity contribution in [1.29, 1.82) is 0 Å². The van der Waals surface area contributed by atoms with Gasteiger partial charge in [0, 0.05) is 31.8 Å². The molecule has 0 aliphatic carbocycles. The van der Waals surface area contributed by atoms with Crippen molar-refractivity contribution in [3.63, 3.8) is 0 Å². The van der Waals surface area contributed by atoms with E-state index in [1.165, 1.54) is 4.90 Å². The lowest BCUT2D eigenvalue weighted by molar-refractivity contribution is -0.135. The Bertz CT molecular complexity index is 1180. The van der Waals surface area contributed by atoms with Crippen molar-refractivity contribution in [2.45, 2.75) is 24.4 Å². The number of rotatable bonds is 1. The molecule has 1 spiro atoms. The van der Waals surface area contributed by atoms with E-state index >= 15 is 0 Å². The maximum absolute atomic E-state index is 13.9. The van der Waals surface area contributed by atoms with Crippen molar-refractivity contribution >= 4 is 68.2 Å². The van der Waals surface area contributed by atoms with Gasteiger partial charge in [-0.3, -0.25) is 19.3 Å². The van der Waals surface area contributed by atoms with Crippen LogP contribution in [-0.2, 0) is 19.9 Å². The number of carbonyl (C=O) groups excluding carboxylic acids is 3. The van der Waals surface area contributed by atoms with E-state index < -0.39 is 17.4 Å². The summed E-state index contributed by atoms with van der Waals surface area (Å²) in [5.41, 5.74) is 0.575. The summed E-state index contributed by atoms with van der Waals surface area (Å²) >= 11 is 15.8. The molecule has 3 amide bonds. The second kappa shape index (κ2) is 6.54. The van der Waals surface area contributed by atoms with E-state index in [9.17, 15) is 14.4 Å². The van der Waals surface area contributed by atoms with E-state index in [0.717, 1.165) is 22.9 Å². The number of hydrogen-bond donors (Lipinski definition) is 1. The Labute approximate surface area is 196 Å².